The van der Waals surface area contributed by atoms with Gasteiger partial charge in [0.15, 0.2) is 0 Å². The molecule has 0 spiro atoms. The number of nitrogens with one attached hydrogen (secondary N) is 1. The van der Waals surface area contributed by atoms with Crippen LogP contribution in [0.4, 0.5) is 5.69 Å². The molecule has 2 heterocycles. The zero-order chi connectivity index (χ0) is 18.3. The zero-order valence-electron chi connectivity index (χ0n) is 14.9. The molecule has 2 amide bonds. The number of carbonyl (C=O) groups excluding carboxylic acids is 2. The van der Waals surface area contributed by atoms with Gasteiger partial charge in [-0.25, -0.2) is 4.98 Å². The Morgan fingerprint density at radius 3 is 2.92 bits per heavy atom. The SMILES string of the molecule is CC[C@H](C)NC(=O)c1ccc2c(c1)Sc1ncccc1C(=O)N2C1CC1. The summed E-state index contributed by atoms with van der Waals surface area (Å²) in [6.07, 6.45) is 4.61. The lowest BCUT2D eigenvalue weighted by molar-refractivity contribution is 0.0938. The molecule has 1 atom stereocenters. The average molecular weight is 367 g/mol. The number of benzene rings is 1. The number of hydrogen-bond acceptors (Lipinski definition) is 4. The maximum atomic E-state index is 13.1. The number of fused-ring (bicyclic) bond motifs is 2. The van der Waals surface area contributed by atoms with Gasteiger partial charge in [-0.15, -0.1) is 0 Å². The van der Waals surface area contributed by atoms with Crippen molar-refractivity contribution in [3.8, 4) is 0 Å². The van der Waals surface area contributed by atoms with Gasteiger partial charge in [0.25, 0.3) is 11.8 Å². The van der Waals surface area contributed by atoms with Crippen LogP contribution in [0, 0.1) is 0 Å². The highest BCUT2D eigenvalue weighted by Gasteiger charge is 2.38. The molecule has 6 heteroatoms. The molecular weight excluding hydrogens is 346 g/mol. The van der Waals surface area contributed by atoms with E-state index in [9.17, 15) is 9.59 Å². The van der Waals surface area contributed by atoms with Crippen molar-refractivity contribution in [3.63, 3.8) is 0 Å². The molecule has 0 radical (unpaired) electrons. The Balaban J connectivity index is 1.76. The van der Waals surface area contributed by atoms with Crippen molar-refractivity contribution in [2.24, 2.45) is 0 Å². The summed E-state index contributed by atoms with van der Waals surface area (Å²) in [6, 6.07) is 9.58. The average Bonchev–Trinajstić information content (AvgIpc) is 3.48. The number of pyridine rings is 1. The number of amides is 2. The van der Waals surface area contributed by atoms with Gasteiger partial charge in [-0.2, -0.15) is 0 Å². The third-order valence-corrected chi connectivity index (χ3v) is 5.88. The van der Waals surface area contributed by atoms with Crippen molar-refractivity contribution >= 4 is 29.3 Å². The molecule has 1 N–H and O–H groups in total. The monoisotopic (exact) mass is 367 g/mol. The van der Waals surface area contributed by atoms with Crippen LogP contribution in [-0.2, 0) is 0 Å². The highest BCUT2D eigenvalue weighted by molar-refractivity contribution is 7.99. The number of aromatic nitrogens is 1. The van der Waals surface area contributed by atoms with Crippen molar-refractivity contribution in [2.75, 3.05) is 4.90 Å². The van der Waals surface area contributed by atoms with E-state index in [1.54, 1.807) is 12.3 Å². The Labute approximate surface area is 157 Å². The fraction of sp³-hybridized carbons (Fsp3) is 0.350. The minimum absolute atomic E-state index is 0.00124. The minimum atomic E-state index is -0.0856. The van der Waals surface area contributed by atoms with Gasteiger partial charge < -0.3 is 10.2 Å². The standard InChI is InChI=1S/C20H21N3O2S/c1-3-12(2)22-18(24)13-6-9-16-17(11-13)26-19-15(5-4-10-21-19)20(25)23(16)14-7-8-14/h4-6,9-12,14H,3,7-8H2,1-2H3,(H,22,24)/t12-/m0/s1. The minimum Gasteiger partial charge on any atom is -0.350 e. The van der Waals surface area contributed by atoms with Crippen molar-refractivity contribution in [2.45, 2.75) is 55.1 Å². The Kier molecular flexibility index (Phi) is 4.44. The summed E-state index contributed by atoms with van der Waals surface area (Å²) in [4.78, 5) is 32.8. The van der Waals surface area contributed by atoms with Gasteiger partial charge in [-0.1, -0.05) is 18.7 Å². The van der Waals surface area contributed by atoms with Crippen molar-refractivity contribution < 1.29 is 9.59 Å². The van der Waals surface area contributed by atoms with Crippen LogP contribution in [0.15, 0.2) is 46.5 Å². The molecule has 1 aliphatic heterocycles. The van der Waals surface area contributed by atoms with E-state index >= 15 is 0 Å². The molecule has 0 saturated heterocycles. The molecule has 2 aliphatic rings. The number of rotatable bonds is 4. The second-order valence-electron chi connectivity index (χ2n) is 6.83. The summed E-state index contributed by atoms with van der Waals surface area (Å²) in [5.74, 6) is -0.0869. The van der Waals surface area contributed by atoms with E-state index < -0.39 is 0 Å². The quantitative estimate of drug-likeness (QED) is 0.891. The Morgan fingerprint density at radius 1 is 1.38 bits per heavy atom. The third kappa shape index (κ3) is 3.09. The summed E-state index contributed by atoms with van der Waals surface area (Å²) >= 11 is 1.46. The molecule has 2 aromatic rings. The molecule has 1 aromatic heterocycles. The molecule has 134 valence electrons. The Bertz CT molecular complexity index is 879. The summed E-state index contributed by atoms with van der Waals surface area (Å²) in [5, 5.41) is 3.69. The number of nitrogens with zero attached hydrogens (tertiary/aromatic N) is 2. The van der Waals surface area contributed by atoms with E-state index in [2.05, 4.69) is 10.3 Å². The van der Waals surface area contributed by atoms with Crippen LogP contribution in [0.2, 0.25) is 0 Å². The molecule has 1 aromatic carbocycles. The summed E-state index contributed by atoms with van der Waals surface area (Å²) < 4.78 is 0. The fourth-order valence-electron chi connectivity index (χ4n) is 3.02. The molecule has 0 bridgehead atoms. The predicted octanol–water partition coefficient (Wildman–Crippen LogP) is 3.88. The van der Waals surface area contributed by atoms with Crippen LogP contribution in [0.25, 0.3) is 0 Å². The van der Waals surface area contributed by atoms with Crippen LogP contribution in [-0.4, -0.2) is 28.9 Å². The van der Waals surface area contributed by atoms with E-state index in [4.69, 9.17) is 0 Å². The predicted molar refractivity (Wildman–Crippen MR) is 102 cm³/mol. The van der Waals surface area contributed by atoms with Gasteiger partial charge in [0.05, 0.1) is 11.3 Å². The normalized spacial score (nSPS) is 17.2. The van der Waals surface area contributed by atoms with Gasteiger partial charge in [0, 0.05) is 28.7 Å². The van der Waals surface area contributed by atoms with Gasteiger partial charge in [-0.05, 0) is 56.5 Å². The highest BCUT2D eigenvalue weighted by atomic mass is 32.2. The molecule has 1 fully saturated rings. The summed E-state index contributed by atoms with van der Waals surface area (Å²) in [6.45, 7) is 4.03. The van der Waals surface area contributed by atoms with E-state index in [-0.39, 0.29) is 23.9 Å². The van der Waals surface area contributed by atoms with E-state index in [0.717, 1.165) is 29.8 Å². The Hall–Kier alpha value is -2.34. The lowest BCUT2D eigenvalue weighted by atomic mass is 10.1. The maximum absolute atomic E-state index is 13.1. The molecule has 26 heavy (non-hydrogen) atoms. The zero-order valence-corrected chi connectivity index (χ0v) is 15.7. The van der Waals surface area contributed by atoms with Crippen LogP contribution >= 0.6 is 11.8 Å². The van der Waals surface area contributed by atoms with Gasteiger partial charge in [0.2, 0.25) is 0 Å². The lowest BCUT2D eigenvalue weighted by Gasteiger charge is -2.23. The molecule has 0 unspecified atom stereocenters. The molecule has 5 nitrogen and oxygen atoms in total. The van der Waals surface area contributed by atoms with E-state index in [1.165, 1.54) is 11.8 Å². The molecule has 4 rings (SSSR count). The van der Waals surface area contributed by atoms with E-state index in [0.29, 0.717) is 16.2 Å². The maximum Gasteiger partial charge on any atom is 0.261 e. The van der Waals surface area contributed by atoms with Crippen molar-refractivity contribution in [1.82, 2.24) is 10.3 Å². The first-order valence-electron chi connectivity index (χ1n) is 8.99. The van der Waals surface area contributed by atoms with Gasteiger partial charge in [-0.3, -0.25) is 9.59 Å². The first-order chi connectivity index (χ1) is 12.6. The third-order valence-electron chi connectivity index (χ3n) is 4.81. The smallest absolute Gasteiger partial charge is 0.261 e. The van der Waals surface area contributed by atoms with Crippen LogP contribution in [0.1, 0.15) is 53.8 Å². The van der Waals surface area contributed by atoms with E-state index in [1.807, 2.05) is 43.0 Å². The first-order valence-corrected chi connectivity index (χ1v) is 9.81. The Morgan fingerprint density at radius 2 is 2.19 bits per heavy atom. The van der Waals surface area contributed by atoms with Crippen molar-refractivity contribution in [1.29, 1.82) is 0 Å². The largest absolute Gasteiger partial charge is 0.350 e. The van der Waals surface area contributed by atoms with Crippen molar-refractivity contribution in [3.05, 3.63) is 47.7 Å². The highest BCUT2D eigenvalue weighted by Crippen LogP contribution is 2.44. The molecule has 1 aliphatic carbocycles. The fourth-order valence-corrected chi connectivity index (χ4v) is 4.06. The second-order valence-corrected chi connectivity index (χ2v) is 7.86. The number of anilines is 1. The first kappa shape index (κ1) is 17.1. The summed E-state index contributed by atoms with van der Waals surface area (Å²) in [7, 11) is 0. The lowest BCUT2D eigenvalue weighted by Crippen LogP contribution is -2.33. The van der Waals surface area contributed by atoms with Gasteiger partial charge in [0.1, 0.15) is 5.03 Å². The molecule has 1 saturated carbocycles. The topological polar surface area (TPSA) is 62.3 Å². The number of carbonyl (C=O) groups is 2. The van der Waals surface area contributed by atoms with Crippen LogP contribution in [0.5, 0.6) is 0 Å². The second kappa shape index (κ2) is 6.76. The van der Waals surface area contributed by atoms with Crippen LogP contribution in [0.3, 0.4) is 0 Å². The van der Waals surface area contributed by atoms with Crippen LogP contribution < -0.4 is 10.2 Å². The molecular formula is C20H21N3O2S. The summed E-state index contributed by atoms with van der Waals surface area (Å²) in [5.41, 5.74) is 2.12. The number of hydrogen-bond donors (Lipinski definition) is 1. The van der Waals surface area contributed by atoms with Gasteiger partial charge >= 0.3 is 0 Å².